The summed E-state index contributed by atoms with van der Waals surface area (Å²) in [5, 5.41) is 0. The van der Waals surface area contributed by atoms with E-state index in [-0.39, 0.29) is 24.4 Å². The van der Waals surface area contributed by atoms with Gasteiger partial charge in [0.25, 0.3) is 0 Å². The molecule has 0 radical (unpaired) electrons. The summed E-state index contributed by atoms with van der Waals surface area (Å²) in [7, 11) is 0. The molecule has 0 aromatic carbocycles. The van der Waals surface area contributed by atoms with Gasteiger partial charge in [-0.25, -0.2) is 0 Å². The zero-order chi connectivity index (χ0) is 11.5. The van der Waals surface area contributed by atoms with Crippen LogP contribution in [0.3, 0.4) is 0 Å². The van der Waals surface area contributed by atoms with Crippen LogP contribution < -0.4 is 0 Å². The van der Waals surface area contributed by atoms with Gasteiger partial charge in [0, 0.05) is 0 Å². The molecule has 0 aromatic rings. The normalized spacial score (nSPS) is 14.7. The summed E-state index contributed by atoms with van der Waals surface area (Å²) >= 11 is 0. The Labute approximate surface area is 91.2 Å². The standard InChI is InChI=1S/C6H8O3.C6H12/c1-5(8)4-6(9)2-3-7;1-2-4-6-5-3-1/h3H,2,4H2,1H3;1-6H2. The topological polar surface area (TPSA) is 51.2 Å². The lowest BCUT2D eigenvalue weighted by atomic mass is 10.0. The molecular weight excluding hydrogens is 192 g/mol. The van der Waals surface area contributed by atoms with Crippen LogP contribution >= 0.6 is 0 Å². The van der Waals surface area contributed by atoms with E-state index in [1.54, 1.807) is 0 Å². The Morgan fingerprint density at radius 1 is 1.00 bits per heavy atom. The molecule has 0 N–H and O–H groups in total. The molecule has 0 amide bonds. The van der Waals surface area contributed by atoms with E-state index in [9.17, 15) is 14.4 Å². The van der Waals surface area contributed by atoms with Crippen molar-refractivity contribution in [1.82, 2.24) is 0 Å². The molecule has 0 atom stereocenters. The van der Waals surface area contributed by atoms with Gasteiger partial charge in [-0.2, -0.15) is 0 Å². The highest BCUT2D eigenvalue weighted by Gasteiger charge is 2.02. The average Bonchev–Trinajstić information content (AvgIpc) is 2.20. The van der Waals surface area contributed by atoms with Crippen molar-refractivity contribution >= 4 is 17.9 Å². The first-order chi connectivity index (χ1) is 7.16. The molecule has 0 saturated heterocycles. The minimum absolute atomic E-state index is 0.112. The summed E-state index contributed by atoms with van der Waals surface area (Å²) in [6, 6.07) is 0. The molecule has 0 aliphatic heterocycles. The van der Waals surface area contributed by atoms with Gasteiger partial charge in [0.15, 0.2) is 0 Å². The lowest BCUT2D eigenvalue weighted by Gasteiger charge is -2.05. The number of hydrogen-bond donors (Lipinski definition) is 0. The number of carbonyl (C=O) groups is 3. The third-order valence-corrected chi connectivity index (χ3v) is 2.26. The lowest BCUT2D eigenvalue weighted by Crippen LogP contribution is -2.03. The largest absolute Gasteiger partial charge is 0.303 e. The van der Waals surface area contributed by atoms with Gasteiger partial charge in [0.1, 0.15) is 17.9 Å². The van der Waals surface area contributed by atoms with Gasteiger partial charge < -0.3 is 4.79 Å². The molecule has 1 saturated carbocycles. The van der Waals surface area contributed by atoms with Crippen LogP contribution in [0.1, 0.15) is 58.3 Å². The molecule has 0 heterocycles. The van der Waals surface area contributed by atoms with Gasteiger partial charge in [0.2, 0.25) is 0 Å². The van der Waals surface area contributed by atoms with Crippen LogP contribution in [0.4, 0.5) is 0 Å². The van der Waals surface area contributed by atoms with Gasteiger partial charge in [-0.05, 0) is 6.92 Å². The minimum atomic E-state index is -0.308. The molecule has 86 valence electrons. The van der Waals surface area contributed by atoms with Crippen molar-refractivity contribution in [2.75, 3.05) is 0 Å². The van der Waals surface area contributed by atoms with E-state index in [2.05, 4.69) is 0 Å². The van der Waals surface area contributed by atoms with Gasteiger partial charge in [-0.1, -0.05) is 38.5 Å². The summed E-state index contributed by atoms with van der Waals surface area (Å²) in [5.41, 5.74) is 0. The smallest absolute Gasteiger partial charge is 0.147 e. The van der Waals surface area contributed by atoms with Crippen LogP contribution in [0.2, 0.25) is 0 Å². The van der Waals surface area contributed by atoms with E-state index < -0.39 is 0 Å². The molecule has 15 heavy (non-hydrogen) atoms. The second-order valence-electron chi connectivity index (χ2n) is 3.91. The van der Waals surface area contributed by atoms with Gasteiger partial charge in [0.05, 0.1) is 12.8 Å². The molecule has 1 aliphatic carbocycles. The average molecular weight is 212 g/mol. The summed E-state index contributed by atoms with van der Waals surface area (Å²) in [4.78, 5) is 30.3. The van der Waals surface area contributed by atoms with Crippen LogP contribution in [0.25, 0.3) is 0 Å². The molecule has 1 fully saturated rings. The highest BCUT2D eigenvalue weighted by molar-refractivity contribution is 6.02. The molecule has 0 spiro atoms. The van der Waals surface area contributed by atoms with Crippen molar-refractivity contribution in [3.8, 4) is 0 Å². The van der Waals surface area contributed by atoms with Crippen molar-refractivity contribution < 1.29 is 14.4 Å². The van der Waals surface area contributed by atoms with Crippen molar-refractivity contribution in [2.24, 2.45) is 0 Å². The van der Waals surface area contributed by atoms with E-state index in [1.807, 2.05) is 0 Å². The molecule has 3 heteroatoms. The second kappa shape index (κ2) is 9.56. The van der Waals surface area contributed by atoms with E-state index in [1.165, 1.54) is 45.4 Å². The Hall–Kier alpha value is -0.990. The third-order valence-electron chi connectivity index (χ3n) is 2.26. The Morgan fingerprint density at radius 2 is 1.40 bits per heavy atom. The summed E-state index contributed by atoms with van der Waals surface area (Å²) < 4.78 is 0. The maximum Gasteiger partial charge on any atom is 0.147 e. The second-order valence-corrected chi connectivity index (χ2v) is 3.91. The highest BCUT2D eigenvalue weighted by Crippen LogP contribution is 2.15. The minimum Gasteiger partial charge on any atom is -0.303 e. The van der Waals surface area contributed by atoms with E-state index in [0.29, 0.717) is 6.29 Å². The number of rotatable bonds is 4. The van der Waals surface area contributed by atoms with Crippen molar-refractivity contribution in [1.29, 1.82) is 0 Å². The number of carbonyl (C=O) groups excluding carboxylic acids is 3. The number of hydrogen-bond acceptors (Lipinski definition) is 3. The Balaban J connectivity index is 0.000000280. The zero-order valence-corrected chi connectivity index (χ0v) is 9.46. The molecule has 3 nitrogen and oxygen atoms in total. The quantitative estimate of drug-likeness (QED) is 0.531. The highest BCUT2D eigenvalue weighted by atomic mass is 16.2. The van der Waals surface area contributed by atoms with Gasteiger partial charge in [-0.15, -0.1) is 0 Å². The van der Waals surface area contributed by atoms with Crippen molar-refractivity contribution in [3.05, 3.63) is 0 Å². The predicted octanol–water partition coefficient (Wildman–Crippen LogP) is 2.46. The monoisotopic (exact) mass is 212 g/mol. The van der Waals surface area contributed by atoms with Crippen LogP contribution in [0.15, 0.2) is 0 Å². The van der Waals surface area contributed by atoms with Crippen LogP contribution in [-0.4, -0.2) is 17.9 Å². The maximum atomic E-state index is 10.4. The van der Waals surface area contributed by atoms with E-state index >= 15 is 0 Å². The molecule has 0 bridgehead atoms. The first kappa shape index (κ1) is 14.0. The Kier molecular flexibility index (Phi) is 8.93. The molecule has 0 aromatic heterocycles. The first-order valence-corrected chi connectivity index (χ1v) is 5.61. The first-order valence-electron chi connectivity index (χ1n) is 5.61. The molecule has 0 unspecified atom stereocenters. The van der Waals surface area contributed by atoms with E-state index in [0.717, 1.165) is 0 Å². The van der Waals surface area contributed by atoms with Crippen molar-refractivity contribution in [3.63, 3.8) is 0 Å². The van der Waals surface area contributed by atoms with Gasteiger partial charge in [-0.3, -0.25) is 9.59 Å². The maximum absolute atomic E-state index is 10.4. The number of Topliss-reactive ketones (excluding diaryl/α,β-unsaturated/α-hetero) is 2. The fraction of sp³-hybridized carbons (Fsp3) is 0.750. The van der Waals surface area contributed by atoms with Crippen LogP contribution in [0, 0.1) is 0 Å². The lowest BCUT2D eigenvalue weighted by molar-refractivity contribution is -0.126. The molecule has 1 aliphatic rings. The van der Waals surface area contributed by atoms with Crippen molar-refractivity contribution in [2.45, 2.75) is 58.3 Å². The summed E-state index contributed by atoms with van der Waals surface area (Å²) in [6.45, 7) is 1.32. The zero-order valence-electron chi connectivity index (χ0n) is 9.46. The fourth-order valence-corrected chi connectivity index (χ4v) is 1.50. The molecule has 1 rings (SSSR count). The SMILES string of the molecule is C1CCCCC1.CC(=O)CC(=O)CC=O. The predicted molar refractivity (Wildman–Crippen MR) is 58.7 cm³/mol. The number of ketones is 2. The fourth-order valence-electron chi connectivity index (χ4n) is 1.50. The number of aldehydes is 1. The summed E-state index contributed by atoms with van der Waals surface area (Å²) in [6.07, 6.45) is 9.25. The summed E-state index contributed by atoms with van der Waals surface area (Å²) in [5.74, 6) is -0.501. The Bertz CT molecular complexity index is 193. The Morgan fingerprint density at radius 3 is 1.67 bits per heavy atom. The van der Waals surface area contributed by atoms with Crippen LogP contribution in [-0.2, 0) is 14.4 Å². The van der Waals surface area contributed by atoms with Crippen LogP contribution in [0.5, 0.6) is 0 Å². The molecular formula is C12H20O3. The third kappa shape index (κ3) is 10.9. The van der Waals surface area contributed by atoms with Gasteiger partial charge >= 0.3 is 0 Å². The van der Waals surface area contributed by atoms with E-state index in [4.69, 9.17) is 0 Å².